The Hall–Kier alpha value is -3.80. The standard InChI is InChI=1S/C62H104N4O46/c1-14(75)63-27-36(84)47(22(9-71)97-54(27)95)106-55-28(64-15(2)76)37(85)50(25(12-74)102-55)109-60-46(94)51(110-62-53(43(91)34(82)21(8-70)101-62)112-57-30(66-17(4)78)39(87)49(24(11-73)104-57)108-59-45(93)41(89)32(80)19(6-68)99-59)35(83)26(105-60)13-96-61-52(42(90)33(81)20(7-69)100-61)111-56-29(65-16(3)77)38(86)48(23(10-72)103-56)107-58-44(92)40(88)31(79)18(5-67)98-58/h18-62,67-74,79-95H,5-13H2,1-4H3,(H,63,75)(H,64,76)(H,65,77)(H,66,78)/t18-,19-,20-,21-,22-,23-,24-,25-,26-,27-,28-,29-,30-,31+,32+,33-,34-,35-,36-,37-,38-,39-,40+,41+,42+,43+,44-,45-,46+,47-,48-,49-,50-,51+,52+,53+,54-,55+,56?,57?,58?,59?,60+,61+,62-/m1/s1. The van der Waals surface area contributed by atoms with E-state index in [9.17, 15) is 147 Å². The van der Waals surface area contributed by atoms with E-state index in [1.165, 1.54) is 0 Å². The van der Waals surface area contributed by atoms with Gasteiger partial charge >= 0.3 is 0 Å². The molecule has 29 N–H and O–H groups in total. The highest BCUT2D eigenvalue weighted by Crippen LogP contribution is 2.40. The van der Waals surface area contributed by atoms with Crippen LogP contribution in [0.2, 0.25) is 0 Å². The van der Waals surface area contributed by atoms with E-state index >= 15 is 0 Å². The summed E-state index contributed by atoms with van der Waals surface area (Å²) in [6, 6.07) is -7.42. The van der Waals surface area contributed by atoms with Crippen molar-refractivity contribution in [1.82, 2.24) is 21.3 Å². The number of ether oxygens (including phenoxy) is 17. The molecule has 0 spiro atoms. The number of amides is 4. The Morgan fingerprint density at radius 1 is 0.232 bits per heavy atom. The molecule has 9 heterocycles. The maximum Gasteiger partial charge on any atom is 0.217 e. The lowest BCUT2D eigenvalue weighted by Gasteiger charge is -2.51. The molecular weight excluding hydrogens is 1540 g/mol. The third-order valence-corrected chi connectivity index (χ3v) is 20.4. The van der Waals surface area contributed by atoms with Crippen molar-refractivity contribution < 1.29 is 227 Å². The number of aliphatic hydroxyl groups is 25. The van der Waals surface area contributed by atoms with Crippen molar-refractivity contribution in [3.05, 3.63) is 0 Å². The van der Waals surface area contributed by atoms with Crippen LogP contribution in [0.1, 0.15) is 27.7 Å². The van der Waals surface area contributed by atoms with Crippen molar-refractivity contribution in [2.75, 3.05) is 59.5 Å². The zero-order chi connectivity index (χ0) is 82.5. The topological polar surface area (TPSA) is 779 Å². The molecule has 9 saturated heterocycles. The molecule has 4 unspecified atom stereocenters. The van der Waals surface area contributed by atoms with Gasteiger partial charge in [-0.25, -0.2) is 0 Å². The lowest BCUT2D eigenvalue weighted by molar-refractivity contribution is -0.399. The number of carbonyl (C=O) groups excluding carboxylic acids is 4. The van der Waals surface area contributed by atoms with E-state index < -0.39 is 359 Å². The van der Waals surface area contributed by atoms with Gasteiger partial charge in [0, 0.05) is 27.7 Å². The molecule has 0 aliphatic carbocycles. The average Bonchev–Trinajstić information content (AvgIpc) is 0.966. The Morgan fingerprint density at radius 2 is 0.482 bits per heavy atom. The maximum absolute atomic E-state index is 13.0. The van der Waals surface area contributed by atoms with Crippen molar-refractivity contribution in [2.45, 2.75) is 304 Å². The largest absolute Gasteiger partial charge is 0.394 e. The number of rotatable bonds is 29. The van der Waals surface area contributed by atoms with Crippen molar-refractivity contribution in [2.24, 2.45) is 0 Å². The number of hydrogen-bond donors (Lipinski definition) is 29. The fourth-order valence-electron chi connectivity index (χ4n) is 14.5. The van der Waals surface area contributed by atoms with Crippen molar-refractivity contribution >= 4 is 23.6 Å². The van der Waals surface area contributed by atoms with Crippen LogP contribution in [0.4, 0.5) is 0 Å². The Balaban J connectivity index is 1.05. The molecule has 50 nitrogen and oxygen atoms in total. The zero-order valence-corrected chi connectivity index (χ0v) is 60.1. The molecule has 9 rings (SSSR count). The maximum atomic E-state index is 13.0. The van der Waals surface area contributed by atoms with Gasteiger partial charge in [0.1, 0.15) is 219 Å². The molecule has 0 bridgehead atoms. The Bertz CT molecular complexity index is 2970. The number of aliphatic hydroxyl groups excluding tert-OH is 25. The highest BCUT2D eigenvalue weighted by Gasteiger charge is 2.61. The molecule has 45 atom stereocenters. The van der Waals surface area contributed by atoms with Gasteiger partial charge in [-0.2, -0.15) is 0 Å². The Labute approximate surface area is 634 Å². The van der Waals surface area contributed by atoms with E-state index in [2.05, 4.69) is 21.3 Å². The third kappa shape index (κ3) is 20.2. The molecule has 0 aromatic rings. The third-order valence-electron chi connectivity index (χ3n) is 20.4. The van der Waals surface area contributed by atoms with Crippen LogP contribution in [0, 0.1) is 0 Å². The Morgan fingerprint density at radius 3 is 0.830 bits per heavy atom. The second kappa shape index (κ2) is 40.3. The van der Waals surface area contributed by atoms with Gasteiger partial charge in [-0.15, -0.1) is 0 Å². The van der Waals surface area contributed by atoms with Crippen molar-refractivity contribution in [3.8, 4) is 0 Å². The molecule has 0 radical (unpaired) electrons. The summed E-state index contributed by atoms with van der Waals surface area (Å²) in [5.74, 6) is -3.62. The van der Waals surface area contributed by atoms with Crippen LogP contribution >= 0.6 is 0 Å². The smallest absolute Gasteiger partial charge is 0.217 e. The number of carbonyl (C=O) groups is 4. The van der Waals surface area contributed by atoms with Gasteiger partial charge in [0.25, 0.3) is 0 Å². The normalized spacial score (nSPS) is 48.9. The van der Waals surface area contributed by atoms with Crippen LogP contribution in [-0.2, 0) is 99.7 Å². The first-order chi connectivity index (χ1) is 53.0. The molecule has 0 saturated carbocycles. The predicted molar refractivity (Wildman–Crippen MR) is 343 cm³/mol. The first-order valence-electron chi connectivity index (χ1n) is 35.6. The van der Waals surface area contributed by atoms with Gasteiger partial charge in [-0.3, -0.25) is 19.2 Å². The predicted octanol–water partition coefficient (Wildman–Crippen LogP) is -20.1. The van der Waals surface area contributed by atoms with Gasteiger partial charge in [-0.05, 0) is 0 Å². The summed E-state index contributed by atoms with van der Waals surface area (Å²) in [5, 5.41) is 286. The van der Waals surface area contributed by atoms with E-state index in [-0.39, 0.29) is 0 Å². The van der Waals surface area contributed by atoms with Gasteiger partial charge in [0.2, 0.25) is 23.6 Å². The van der Waals surface area contributed by atoms with Crippen LogP contribution < -0.4 is 21.3 Å². The molecule has 648 valence electrons. The highest BCUT2D eigenvalue weighted by atomic mass is 16.8. The van der Waals surface area contributed by atoms with E-state index in [1.807, 2.05) is 0 Å². The minimum atomic E-state index is -2.57. The fraction of sp³-hybridized carbons (Fsp3) is 0.935. The van der Waals surface area contributed by atoms with Crippen LogP contribution in [0.3, 0.4) is 0 Å². The average molecular weight is 1640 g/mol. The zero-order valence-electron chi connectivity index (χ0n) is 60.1. The van der Waals surface area contributed by atoms with Gasteiger partial charge < -0.3 is 229 Å². The summed E-state index contributed by atoms with van der Waals surface area (Å²) in [6.07, 6.45) is -85.1. The highest BCUT2D eigenvalue weighted by molar-refractivity contribution is 5.74. The summed E-state index contributed by atoms with van der Waals surface area (Å²) < 4.78 is 101. The molecule has 0 aromatic heterocycles. The van der Waals surface area contributed by atoms with Crippen molar-refractivity contribution in [3.63, 3.8) is 0 Å². The molecule has 9 aliphatic rings. The van der Waals surface area contributed by atoms with Gasteiger partial charge in [0.05, 0.1) is 59.5 Å². The van der Waals surface area contributed by atoms with Gasteiger partial charge in [0.15, 0.2) is 56.6 Å². The second-order valence-electron chi connectivity index (χ2n) is 28.2. The molecule has 50 heteroatoms. The summed E-state index contributed by atoms with van der Waals surface area (Å²) in [5.41, 5.74) is 0. The quantitative estimate of drug-likeness (QED) is 0.0331. The molecule has 0 aromatic carbocycles. The van der Waals surface area contributed by atoms with Crippen LogP contribution in [0.15, 0.2) is 0 Å². The summed E-state index contributed by atoms with van der Waals surface area (Å²) in [7, 11) is 0. The minimum absolute atomic E-state index is 0.788. The van der Waals surface area contributed by atoms with Crippen LogP contribution in [-0.4, -0.2) is 487 Å². The SMILES string of the molecule is CC(=O)N[C@@H]1[C@@H](O)[C@H](O[C@@H]2O[C@H](CO)[C@@H](O[C@@H]3O[C@H](CO[C@H]4O[C@H](CO)[C@@H](O)[C@H](O)[C@@H]4OC4O[C@H](CO)[C@@H](OC5O[C@H](CO)[C@H](O)[C@H](O)[C@H]5O)[C@H](O)[C@H]4NC(C)=O)[C@@H](O)[C@H](O[C@H]4O[C@H](CO)[C@@H](O)[C@H](O)[C@@H]4OC4O[C@H](CO)[C@@H](OC5O[C@H](CO)[C@H](O)[C@H](O)[C@H]5O)[C@H](O)[C@H]4NC(C)=O)[C@@H]3O)[C@H](O)[C@H]2NC(C)=O)[C@@H](CO)O[C@H]1O. The minimum Gasteiger partial charge on any atom is -0.394 e. The summed E-state index contributed by atoms with van der Waals surface area (Å²) in [4.78, 5) is 50.9. The van der Waals surface area contributed by atoms with Crippen LogP contribution in [0.25, 0.3) is 0 Å². The fourth-order valence-corrected chi connectivity index (χ4v) is 14.5. The Kier molecular flexibility index (Phi) is 33.1. The summed E-state index contributed by atoms with van der Waals surface area (Å²) in [6.45, 7) is -6.01. The van der Waals surface area contributed by atoms with E-state index in [0.29, 0.717) is 0 Å². The van der Waals surface area contributed by atoms with Crippen LogP contribution in [0.5, 0.6) is 0 Å². The monoisotopic (exact) mass is 1640 g/mol. The second-order valence-corrected chi connectivity index (χ2v) is 28.2. The summed E-state index contributed by atoms with van der Waals surface area (Å²) >= 11 is 0. The number of hydrogen-bond acceptors (Lipinski definition) is 46. The number of nitrogens with one attached hydrogen (secondary N) is 4. The molecular formula is C62H104N4O46. The molecule has 9 aliphatic heterocycles. The lowest BCUT2D eigenvalue weighted by Crippen LogP contribution is -2.71. The molecule has 4 amide bonds. The molecule has 9 fully saturated rings. The van der Waals surface area contributed by atoms with E-state index in [1.54, 1.807) is 0 Å². The first kappa shape index (κ1) is 92.1. The van der Waals surface area contributed by atoms with Gasteiger partial charge in [-0.1, -0.05) is 0 Å². The lowest BCUT2D eigenvalue weighted by atomic mass is 9.93. The van der Waals surface area contributed by atoms with Crippen molar-refractivity contribution in [1.29, 1.82) is 0 Å². The first-order valence-corrected chi connectivity index (χ1v) is 35.6. The molecule has 112 heavy (non-hydrogen) atoms. The van der Waals surface area contributed by atoms with E-state index in [0.717, 1.165) is 27.7 Å². The van der Waals surface area contributed by atoms with E-state index in [4.69, 9.17) is 80.5 Å².